The third kappa shape index (κ3) is 0.671. The monoisotopic (exact) mass is 174 g/mol. The average molecular weight is 174 g/mol. The van der Waals surface area contributed by atoms with Crippen LogP contribution in [-0.2, 0) is 0 Å². The molecule has 5 rings (SSSR count). The molecule has 0 spiro atoms. The maximum absolute atomic E-state index is 2.59. The molecule has 0 amide bonds. The summed E-state index contributed by atoms with van der Waals surface area (Å²) in [6, 6.07) is 0. The van der Waals surface area contributed by atoms with Crippen molar-refractivity contribution in [2.75, 3.05) is 0 Å². The van der Waals surface area contributed by atoms with Crippen LogP contribution >= 0.6 is 0 Å². The zero-order valence-corrected chi connectivity index (χ0v) is 8.37. The summed E-state index contributed by atoms with van der Waals surface area (Å²) >= 11 is 0. The SMILES string of the molecule is CCC1=CCC2C3CC4C2C4C3C1. The molecule has 0 heterocycles. The maximum Gasteiger partial charge on any atom is -0.0286 e. The summed E-state index contributed by atoms with van der Waals surface area (Å²) < 4.78 is 0. The predicted octanol–water partition coefficient (Wildman–Crippen LogP) is 3.24. The van der Waals surface area contributed by atoms with Crippen molar-refractivity contribution >= 4 is 0 Å². The van der Waals surface area contributed by atoms with Gasteiger partial charge in [-0.15, -0.1) is 0 Å². The molecule has 0 aromatic carbocycles. The van der Waals surface area contributed by atoms with Crippen molar-refractivity contribution < 1.29 is 0 Å². The summed E-state index contributed by atoms with van der Waals surface area (Å²) in [7, 11) is 0. The topological polar surface area (TPSA) is 0 Å². The molecule has 6 bridgehead atoms. The molecule has 5 aliphatic rings. The Balaban J connectivity index is 1.72. The van der Waals surface area contributed by atoms with Gasteiger partial charge in [-0.2, -0.15) is 0 Å². The van der Waals surface area contributed by atoms with Gasteiger partial charge in [0.05, 0.1) is 0 Å². The maximum atomic E-state index is 2.59. The van der Waals surface area contributed by atoms with Gasteiger partial charge in [0, 0.05) is 0 Å². The van der Waals surface area contributed by atoms with E-state index >= 15 is 0 Å². The van der Waals surface area contributed by atoms with E-state index in [1.54, 1.807) is 12.0 Å². The minimum atomic E-state index is 1.14. The molecular weight excluding hydrogens is 156 g/mol. The van der Waals surface area contributed by atoms with Gasteiger partial charge in [0.2, 0.25) is 0 Å². The second-order valence-corrected chi connectivity index (χ2v) is 5.70. The molecule has 0 aliphatic heterocycles. The Morgan fingerprint density at radius 2 is 2.00 bits per heavy atom. The zero-order valence-electron chi connectivity index (χ0n) is 8.37. The van der Waals surface area contributed by atoms with Crippen molar-refractivity contribution in [1.29, 1.82) is 0 Å². The van der Waals surface area contributed by atoms with Gasteiger partial charge in [-0.25, -0.2) is 0 Å². The first-order valence-electron chi connectivity index (χ1n) is 6.08. The first kappa shape index (κ1) is 7.09. The summed E-state index contributed by atoms with van der Waals surface area (Å²) in [6.07, 6.45) is 8.46. The Kier molecular flexibility index (Phi) is 1.11. The lowest BCUT2D eigenvalue weighted by Gasteiger charge is -2.16. The molecule has 6 atom stereocenters. The van der Waals surface area contributed by atoms with E-state index in [4.69, 9.17) is 0 Å². The van der Waals surface area contributed by atoms with Crippen LogP contribution in [0.2, 0.25) is 0 Å². The lowest BCUT2D eigenvalue weighted by atomic mass is 9.89. The van der Waals surface area contributed by atoms with Gasteiger partial charge in [0.1, 0.15) is 0 Å². The Bertz CT molecular complexity index is 288. The molecule has 0 aromatic heterocycles. The highest BCUT2D eigenvalue weighted by Gasteiger charge is 2.72. The van der Waals surface area contributed by atoms with Crippen molar-refractivity contribution in [2.24, 2.45) is 35.5 Å². The molecular formula is C13H18. The Labute approximate surface area is 80.4 Å². The Hall–Kier alpha value is -0.260. The first-order chi connectivity index (χ1) is 6.40. The Morgan fingerprint density at radius 1 is 1.15 bits per heavy atom. The van der Waals surface area contributed by atoms with Crippen LogP contribution in [0.1, 0.15) is 32.6 Å². The van der Waals surface area contributed by atoms with E-state index in [2.05, 4.69) is 13.0 Å². The van der Waals surface area contributed by atoms with Crippen molar-refractivity contribution in [2.45, 2.75) is 32.6 Å². The summed E-state index contributed by atoms with van der Waals surface area (Å²) in [5, 5.41) is 0. The fourth-order valence-corrected chi connectivity index (χ4v) is 5.10. The van der Waals surface area contributed by atoms with E-state index in [1.165, 1.54) is 42.9 Å². The van der Waals surface area contributed by atoms with Crippen LogP contribution in [0.15, 0.2) is 11.6 Å². The molecule has 0 N–H and O–H groups in total. The van der Waals surface area contributed by atoms with Gasteiger partial charge in [-0.05, 0) is 61.2 Å². The minimum Gasteiger partial charge on any atom is -0.0850 e. The van der Waals surface area contributed by atoms with Gasteiger partial charge in [0.25, 0.3) is 0 Å². The molecule has 0 radical (unpaired) electrons. The molecule has 4 fully saturated rings. The van der Waals surface area contributed by atoms with Crippen LogP contribution in [-0.4, -0.2) is 0 Å². The molecule has 0 aromatic rings. The Morgan fingerprint density at radius 3 is 2.77 bits per heavy atom. The molecule has 4 saturated carbocycles. The van der Waals surface area contributed by atoms with E-state index in [0.717, 1.165) is 11.8 Å². The second-order valence-electron chi connectivity index (χ2n) is 5.70. The number of rotatable bonds is 1. The average Bonchev–Trinajstić information content (AvgIpc) is 2.44. The number of allylic oxidation sites excluding steroid dienone is 2. The molecule has 6 unspecified atom stereocenters. The van der Waals surface area contributed by atoms with Crippen molar-refractivity contribution in [3.63, 3.8) is 0 Å². The third-order valence-electron chi connectivity index (χ3n) is 5.56. The fraction of sp³-hybridized carbons (Fsp3) is 0.846. The van der Waals surface area contributed by atoms with Crippen LogP contribution in [0.25, 0.3) is 0 Å². The van der Waals surface area contributed by atoms with Gasteiger partial charge in [-0.1, -0.05) is 18.6 Å². The fourth-order valence-electron chi connectivity index (χ4n) is 5.10. The lowest BCUT2D eigenvalue weighted by molar-refractivity contribution is 0.344. The van der Waals surface area contributed by atoms with Gasteiger partial charge >= 0.3 is 0 Å². The molecule has 13 heavy (non-hydrogen) atoms. The van der Waals surface area contributed by atoms with Crippen molar-refractivity contribution in [3.05, 3.63) is 11.6 Å². The third-order valence-corrected chi connectivity index (χ3v) is 5.56. The normalized spacial score (nSPS) is 60.5. The van der Waals surface area contributed by atoms with E-state index in [9.17, 15) is 0 Å². The predicted molar refractivity (Wildman–Crippen MR) is 53.2 cm³/mol. The van der Waals surface area contributed by atoms with Crippen LogP contribution in [0.3, 0.4) is 0 Å². The molecule has 0 nitrogen and oxygen atoms in total. The number of hydrogen-bond acceptors (Lipinski definition) is 0. The van der Waals surface area contributed by atoms with Crippen LogP contribution in [0.5, 0.6) is 0 Å². The van der Waals surface area contributed by atoms with Crippen LogP contribution < -0.4 is 0 Å². The van der Waals surface area contributed by atoms with E-state index < -0.39 is 0 Å². The lowest BCUT2D eigenvalue weighted by Crippen LogP contribution is -2.09. The van der Waals surface area contributed by atoms with Crippen LogP contribution in [0, 0.1) is 35.5 Å². The van der Waals surface area contributed by atoms with Crippen molar-refractivity contribution in [3.8, 4) is 0 Å². The van der Waals surface area contributed by atoms with E-state index in [-0.39, 0.29) is 0 Å². The second kappa shape index (κ2) is 2.04. The first-order valence-corrected chi connectivity index (χ1v) is 6.08. The van der Waals surface area contributed by atoms with Gasteiger partial charge in [-0.3, -0.25) is 0 Å². The minimum absolute atomic E-state index is 1.14. The highest BCUT2D eigenvalue weighted by molar-refractivity contribution is 5.25. The zero-order chi connectivity index (χ0) is 8.58. The summed E-state index contributed by atoms with van der Waals surface area (Å²) in [5.41, 5.74) is 1.78. The van der Waals surface area contributed by atoms with Gasteiger partial charge in [0.15, 0.2) is 0 Å². The molecule has 0 heteroatoms. The summed E-state index contributed by atoms with van der Waals surface area (Å²) in [6.45, 7) is 2.33. The molecule has 5 aliphatic carbocycles. The summed E-state index contributed by atoms with van der Waals surface area (Å²) in [5.74, 6) is 7.09. The van der Waals surface area contributed by atoms with Gasteiger partial charge < -0.3 is 0 Å². The summed E-state index contributed by atoms with van der Waals surface area (Å²) in [4.78, 5) is 0. The van der Waals surface area contributed by atoms with Crippen LogP contribution in [0.4, 0.5) is 0 Å². The molecule has 70 valence electrons. The standard InChI is InChI=1S/C13H18/c1-2-7-3-4-8-9-6-11-12(8)13(11)10(9)5-7/h3,8-13H,2,4-6H2,1H3. The molecule has 0 saturated heterocycles. The number of hydrogen-bond donors (Lipinski definition) is 0. The quantitative estimate of drug-likeness (QED) is 0.535. The smallest absolute Gasteiger partial charge is 0.0286 e. The highest BCUT2D eigenvalue weighted by atomic mass is 14.8. The highest BCUT2D eigenvalue weighted by Crippen LogP contribution is 2.78. The largest absolute Gasteiger partial charge is 0.0850 e. The van der Waals surface area contributed by atoms with E-state index in [1.807, 2.05) is 0 Å². The van der Waals surface area contributed by atoms with E-state index in [0.29, 0.717) is 0 Å². The van der Waals surface area contributed by atoms with Crippen molar-refractivity contribution in [1.82, 2.24) is 0 Å².